The Bertz CT molecular complexity index is 973. The van der Waals surface area contributed by atoms with Gasteiger partial charge in [-0.05, 0) is 37.0 Å². The highest BCUT2D eigenvalue weighted by Gasteiger charge is 2.26. The quantitative estimate of drug-likeness (QED) is 0.720. The molecule has 1 saturated heterocycles. The monoisotopic (exact) mass is 386 g/mol. The molecule has 0 aliphatic carbocycles. The van der Waals surface area contributed by atoms with Gasteiger partial charge in [-0.2, -0.15) is 0 Å². The van der Waals surface area contributed by atoms with E-state index in [1.807, 2.05) is 48.5 Å². The van der Waals surface area contributed by atoms with Gasteiger partial charge in [-0.15, -0.1) is 0 Å². The zero-order valence-corrected chi connectivity index (χ0v) is 16.7. The van der Waals surface area contributed by atoms with Crippen LogP contribution in [0.5, 0.6) is 0 Å². The highest BCUT2D eigenvalue weighted by atomic mass is 16.1. The van der Waals surface area contributed by atoms with E-state index in [4.69, 9.17) is 4.98 Å². The highest BCUT2D eigenvalue weighted by Crippen LogP contribution is 2.24. The fourth-order valence-corrected chi connectivity index (χ4v) is 3.79. The number of anilines is 1. The number of benzene rings is 2. The molecule has 3 aromatic rings. The molecule has 0 spiro atoms. The van der Waals surface area contributed by atoms with Gasteiger partial charge >= 0.3 is 0 Å². The number of hydrogen-bond donors (Lipinski definition) is 1. The molecule has 1 unspecified atom stereocenters. The Hall–Kier alpha value is -3.21. The molecule has 1 aromatic heterocycles. The molecule has 1 aliphatic rings. The summed E-state index contributed by atoms with van der Waals surface area (Å²) >= 11 is 0. The first-order chi connectivity index (χ1) is 14.2. The second-order valence-corrected chi connectivity index (χ2v) is 7.53. The Balaban J connectivity index is 1.42. The Kier molecular flexibility index (Phi) is 5.84. The van der Waals surface area contributed by atoms with Crippen LogP contribution in [-0.2, 0) is 11.3 Å². The SMILES string of the molecule is Cc1ccccc1CNC(=O)C1CCCN(c2ccnc(-c3ccccc3)n2)C1. The first-order valence-corrected chi connectivity index (χ1v) is 10.2. The third-order valence-corrected chi connectivity index (χ3v) is 5.50. The van der Waals surface area contributed by atoms with Gasteiger partial charge in [-0.25, -0.2) is 9.97 Å². The molecular weight excluding hydrogens is 360 g/mol. The van der Waals surface area contributed by atoms with E-state index in [-0.39, 0.29) is 11.8 Å². The lowest BCUT2D eigenvalue weighted by molar-refractivity contribution is -0.125. The molecule has 0 bridgehead atoms. The van der Waals surface area contributed by atoms with Crippen LogP contribution in [0.3, 0.4) is 0 Å². The molecule has 5 nitrogen and oxygen atoms in total. The number of carbonyl (C=O) groups excluding carboxylic acids is 1. The summed E-state index contributed by atoms with van der Waals surface area (Å²) in [5, 5.41) is 3.12. The maximum Gasteiger partial charge on any atom is 0.225 e. The van der Waals surface area contributed by atoms with Crippen molar-refractivity contribution in [2.75, 3.05) is 18.0 Å². The number of aromatic nitrogens is 2. The Labute approximate surface area is 171 Å². The minimum Gasteiger partial charge on any atom is -0.356 e. The molecular formula is C24H26N4O. The van der Waals surface area contributed by atoms with E-state index in [1.165, 1.54) is 5.56 Å². The molecule has 1 atom stereocenters. The van der Waals surface area contributed by atoms with E-state index in [1.54, 1.807) is 6.20 Å². The molecule has 0 radical (unpaired) electrons. The normalized spacial score (nSPS) is 16.4. The number of nitrogens with one attached hydrogen (secondary N) is 1. The van der Waals surface area contributed by atoms with E-state index >= 15 is 0 Å². The molecule has 1 amide bonds. The van der Waals surface area contributed by atoms with Crippen molar-refractivity contribution in [3.63, 3.8) is 0 Å². The molecule has 29 heavy (non-hydrogen) atoms. The topological polar surface area (TPSA) is 58.1 Å². The minimum absolute atomic E-state index is 0.0251. The molecule has 4 rings (SSSR count). The predicted molar refractivity (Wildman–Crippen MR) is 115 cm³/mol. The summed E-state index contributed by atoms with van der Waals surface area (Å²) in [6.45, 7) is 4.24. The van der Waals surface area contributed by atoms with E-state index in [0.717, 1.165) is 36.3 Å². The van der Waals surface area contributed by atoms with Crippen molar-refractivity contribution in [1.82, 2.24) is 15.3 Å². The average Bonchev–Trinajstić information content (AvgIpc) is 2.79. The maximum atomic E-state index is 12.8. The van der Waals surface area contributed by atoms with Crippen LogP contribution in [0.25, 0.3) is 11.4 Å². The largest absolute Gasteiger partial charge is 0.356 e. The first kappa shape index (κ1) is 19.1. The smallest absolute Gasteiger partial charge is 0.225 e. The number of carbonyl (C=O) groups is 1. The summed E-state index contributed by atoms with van der Waals surface area (Å²) in [7, 11) is 0. The van der Waals surface area contributed by atoms with Gasteiger partial charge in [-0.3, -0.25) is 4.79 Å². The van der Waals surface area contributed by atoms with Crippen molar-refractivity contribution in [3.8, 4) is 11.4 Å². The number of hydrogen-bond acceptors (Lipinski definition) is 4. The average molecular weight is 386 g/mol. The minimum atomic E-state index is -0.0251. The summed E-state index contributed by atoms with van der Waals surface area (Å²) in [6.07, 6.45) is 3.69. The van der Waals surface area contributed by atoms with Crippen molar-refractivity contribution in [1.29, 1.82) is 0 Å². The van der Waals surface area contributed by atoms with Gasteiger partial charge in [0.05, 0.1) is 5.92 Å². The fourth-order valence-electron chi connectivity index (χ4n) is 3.79. The third kappa shape index (κ3) is 4.62. The second kappa shape index (κ2) is 8.86. The van der Waals surface area contributed by atoms with E-state index in [2.05, 4.69) is 34.3 Å². The molecule has 2 heterocycles. The molecule has 1 N–H and O–H groups in total. The second-order valence-electron chi connectivity index (χ2n) is 7.53. The molecule has 0 saturated carbocycles. The number of amides is 1. The zero-order chi connectivity index (χ0) is 20.1. The zero-order valence-electron chi connectivity index (χ0n) is 16.7. The summed E-state index contributed by atoms with van der Waals surface area (Å²) in [4.78, 5) is 24.1. The van der Waals surface area contributed by atoms with Gasteiger partial charge in [0, 0.05) is 31.4 Å². The van der Waals surface area contributed by atoms with Gasteiger partial charge in [0.15, 0.2) is 5.82 Å². The van der Waals surface area contributed by atoms with Crippen LogP contribution in [0.2, 0.25) is 0 Å². The highest BCUT2D eigenvalue weighted by molar-refractivity contribution is 5.79. The van der Waals surface area contributed by atoms with Crippen LogP contribution >= 0.6 is 0 Å². The standard InChI is InChI=1S/C24H26N4O/c1-18-8-5-6-11-20(18)16-26-24(29)21-12-7-15-28(17-21)22-13-14-25-23(27-22)19-9-3-2-4-10-19/h2-6,8-11,13-14,21H,7,12,15-17H2,1H3,(H,26,29). The lowest BCUT2D eigenvalue weighted by atomic mass is 9.97. The Morgan fingerprint density at radius 1 is 1.10 bits per heavy atom. The van der Waals surface area contributed by atoms with Gasteiger partial charge in [0.2, 0.25) is 5.91 Å². The third-order valence-electron chi connectivity index (χ3n) is 5.50. The predicted octanol–water partition coefficient (Wildman–Crippen LogP) is 3.98. The van der Waals surface area contributed by atoms with Crippen LogP contribution in [0.15, 0.2) is 66.9 Å². The molecule has 5 heteroatoms. The van der Waals surface area contributed by atoms with Crippen LogP contribution < -0.4 is 10.2 Å². The lowest BCUT2D eigenvalue weighted by Gasteiger charge is -2.33. The number of rotatable bonds is 5. The van der Waals surface area contributed by atoms with Crippen molar-refractivity contribution in [3.05, 3.63) is 78.0 Å². The van der Waals surface area contributed by atoms with Crippen molar-refractivity contribution in [2.45, 2.75) is 26.3 Å². The van der Waals surface area contributed by atoms with Gasteiger partial charge in [0.1, 0.15) is 5.82 Å². The Morgan fingerprint density at radius 2 is 1.90 bits per heavy atom. The van der Waals surface area contributed by atoms with Crippen LogP contribution in [0.1, 0.15) is 24.0 Å². The van der Waals surface area contributed by atoms with Crippen LogP contribution in [-0.4, -0.2) is 29.0 Å². The van der Waals surface area contributed by atoms with E-state index < -0.39 is 0 Å². The molecule has 1 aliphatic heterocycles. The van der Waals surface area contributed by atoms with Gasteiger partial charge < -0.3 is 10.2 Å². The van der Waals surface area contributed by atoms with Crippen LogP contribution in [0, 0.1) is 12.8 Å². The summed E-state index contributed by atoms with van der Waals surface area (Å²) in [6, 6.07) is 20.1. The van der Waals surface area contributed by atoms with Crippen LogP contribution in [0.4, 0.5) is 5.82 Å². The van der Waals surface area contributed by atoms with E-state index in [9.17, 15) is 4.79 Å². The summed E-state index contributed by atoms with van der Waals surface area (Å²) < 4.78 is 0. The fraction of sp³-hybridized carbons (Fsp3) is 0.292. The lowest BCUT2D eigenvalue weighted by Crippen LogP contribution is -2.43. The summed E-state index contributed by atoms with van der Waals surface area (Å²) in [5.41, 5.74) is 3.36. The number of aryl methyl sites for hydroxylation is 1. The van der Waals surface area contributed by atoms with Gasteiger partial charge in [0.25, 0.3) is 0 Å². The Morgan fingerprint density at radius 3 is 2.72 bits per heavy atom. The van der Waals surface area contributed by atoms with Crippen molar-refractivity contribution in [2.24, 2.45) is 5.92 Å². The molecule has 1 fully saturated rings. The maximum absolute atomic E-state index is 12.8. The summed E-state index contributed by atoms with van der Waals surface area (Å²) in [5.74, 6) is 1.70. The number of piperidine rings is 1. The molecule has 2 aromatic carbocycles. The van der Waals surface area contributed by atoms with E-state index in [0.29, 0.717) is 18.9 Å². The molecule has 148 valence electrons. The number of nitrogens with zero attached hydrogens (tertiary/aromatic N) is 3. The van der Waals surface area contributed by atoms with Gasteiger partial charge in [-0.1, -0.05) is 54.6 Å². The van der Waals surface area contributed by atoms with Crippen molar-refractivity contribution < 1.29 is 4.79 Å². The van der Waals surface area contributed by atoms with Crippen molar-refractivity contribution >= 4 is 11.7 Å². The first-order valence-electron chi connectivity index (χ1n) is 10.2.